The van der Waals surface area contributed by atoms with Gasteiger partial charge in [0, 0.05) is 17.8 Å². The standard InChI is InChI=1S/C15H25N3O/c1-3-13(16)12-9-10-17-15(19-4-2)14(12)18-11-7-5-6-8-11/h11,16,18H,3-10H2,1-2H3/p+1. The Morgan fingerprint density at radius 3 is 2.74 bits per heavy atom. The SMILES string of the molecule is CCOC1=NCCC(C(=N)CC)=C1[NH2+]C1CCCC1. The van der Waals surface area contributed by atoms with E-state index in [1.807, 2.05) is 6.92 Å². The molecule has 4 nitrogen and oxygen atoms in total. The Kier molecular flexibility index (Phi) is 5.14. The highest BCUT2D eigenvalue weighted by molar-refractivity contribution is 6.06. The molecule has 1 saturated carbocycles. The summed E-state index contributed by atoms with van der Waals surface area (Å²) in [6.45, 7) is 5.45. The highest BCUT2D eigenvalue weighted by Crippen LogP contribution is 2.19. The third-order valence-corrected chi connectivity index (χ3v) is 3.97. The van der Waals surface area contributed by atoms with E-state index in [-0.39, 0.29) is 0 Å². The van der Waals surface area contributed by atoms with Crippen molar-refractivity contribution in [2.24, 2.45) is 4.99 Å². The molecule has 0 aromatic rings. The Bertz CT molecular complexity index is 392. The van der Waals surface area contributed by atoms with Crippen LogP contribution < -0.4 is 5.32 Å². The minimum Gasteiger partial charge on any atom is -0.474 e. The van der Waals surface area contributed by atoms with Crippen LogP contribution in [0.1, 0.15) is 52.4 Å². The maximum absolute atomic E-state index is 8.17. The lowest BCUT2D eigenvalue weighted by Crippen LogP contribution is -2.89. The molecule has 0 atom stereocenters. The Morgan fingerprint density at radius 1 is 1.37 bits per heavy atom. The van der Waals surface area contributed by atoms with Gasteiger partial charge >= 0.3 is 0 Å². The summed E-state index contributed by atoms with van der Waals surface area (Å²) in [4.78, 5) is 4.52. The van der Waals surface area contributed by atoms with Gasteiger partial charge in [-0.25, -0.2) is 4.99 Å². The van der Waals surface area contributed by atoms with Gasteiger partial charge in [0.05, 0.1) is 12.6 Å². The molecule has 0 aromatic carbocycles. The van der Waals surface area contributed by atoms with Crippen molar-refractivity contribution in [2.75, 3.05) is 13.2 Å². The summed E-state index contributed by atoms with van der Waals surface area (Å²) in [5, 5.41) is 10.5. The third-order valence-electron chi connectivity index (χ3n) is 3.97. The molecular weight excluding hydrogens is 238 g/mol. The predicted octanol–water partition coefficient (Wildman–Crippen LogP) is 2.01. The summed E-state index contributed by atoms with van der Waals surface area (Å²) in [6.07, 6.45) is 6.88. The molecule has 4 heteroatoms. The van der Waals surface area contributed by atoms with E-state index in [4.69, 9.17) is 10.1 Å². The van der Waals surface area contributed by atoms with Crippen molar-refractivity contribution in [1.29, 1.82) is 5.41 Å². The fourth-order valence-electron chi connectivity index (χ4n) is 2.94. The number of ether oxygens (including phenoxy) is 1. The van der Waals surface area contributed by atoms with Crippen molar-refractivity contribution in [3.8, 4) is 0 Å². The van der Waals surface area contributed by atoms with Crippen LogP contribution in [0.2, 0.25) is 0 Å². The summed E-state index contributed by atoms with van der Waals surface area (Å²) in [7, 11) is 0. The lowest BCUT2D eigenvalue weighted by atomic mass is 9.99. The van der Waals surface area contributed by atoms with E-state index in [0.717, 1.165) is 42.3 Å². The molecule has 1 fully saturated rings. The van der Waals surface area contributed by atoms with Crippen molar-refractivity contribution in [2.45, 2.75) is 58.4 Å². The molecule has 0 spiro atoms. The van der Waals surface area contributed by atoms with E-state index in [9.17, 15) is 0 Å². The molecule has 1 aliphatic carbocycles. The fourth-order valence-corrected chi connectivity index (χ4v) is 2.94. The largest absolute Gasteiger partial charge is 0.474 e. The molecule has 0 radical (unpaired) electrons. The van der Waals surface area contributed by atoms with Crippen LogP contribution in [-0.2, 0) is 4.74 Å². The molecule has 0 aromatic heterocycles. The number of dihydropyridines is 1. The quantitative estimate of drug-likeness (QED) is 0.733. The molecule has 3 N–H and O–H groups in total. The van der Waals surface area contributed by atoms with Gasteiger partial charge < -0.3 is 15.5 Å². The van der Waals surface area contributed by atoms with E-state index >= 15 is 0 Å². The summed E-state index contributed by atoms with van der Waals surface area (Å²) in [5.74, 6) is 0.772. The second kappa shape index (κ2) is 6.85. The van der Waals surface area contributed by atoms with E-state index in [2.05, 4.69) is 17.2 Å². The van der Waals surface area contributed by atoms with Crippen LogP contribution in [0.3, 0.4) is 0 Å². The molecule has 0 bridgehead atoms. The van der Waals surface area contributed by atoms with Gasteiger partial charge in [-0.05, 0) is 45.4 Å². The Balaban J connectivity index is 2.22. The molecule has 19 heavy (non-hydrogen) atoms. The topological polar surface area (TPSA) is 62.0 Å². The zero-order chi connectivity index (χ0) is 13.7. The lowest BCUT2D eigenvalue weighted by molar-refractivity contribution is -0.636. The number of rotatable bonds is 5. The Morgan fingerprint density at radius 2 is 2.11 bits per heavy atom. The van der Waals surface area contributed by atoms with Gasteiger partial charge in [0.1, 0.15) is 0 Å². The monoisotopic (exact) mass is 264 g/mol. The van der Waals surface area contributed by atoms with Crippen LogP contribution >= 0.6 is 0 Å². The first kappa shape index (κ1) is 14.3. The van der Waals surface area contributed by atoms with Crippen LogP contribution in [0, 0.1) is 5.41 Å². The maximum Gasteiger partial charge on any atom is 0.272 e. The third kappa shape index (κ3) is 3.44. The molecular formula is C15H26N3O+. The first-order valence-electron chi connectivity index (χ1n) is 7.59. The van der Waals surface area contributed by atoms with Crippen molar-refractivity contribution in [3.63, 3.8) is 0 Å². The van der Waals surface area contributed by atoms with Gasteiger partial charge in [-0.15, -0.1) is 0 Å². The van der Waals surface area contributed by atoms with Crippen molar-refractivity contribution in [1.82, 2.24) is 0 Å². The second-order valence-electron chi connectivity index (χ2n) is 5.31. The van der Waals surface area contributed by atoms with Gasteiger partial charge in [-0.2, -0.15) is 0 Å². The van der Waals surface area contributed by atoms with Crippen molar-refractivity contribution < 1.29 is 10.1 Å². The first-order valence-corrected chi connectivity index (χ1v) is 7.59. The summed E-state index contributed by atoms with van der Waals surface area (Å²) in [6, 6.07) is 0.651. The number of hydrogen-bond donors (Lipinski definition) is 2. The Hall–Kier alpha value is -1.16. The van der Waals surface area contributed by atoms with Gasteiger partial charge in [0.15, 0.2) is 5.70 Å². The molecule has 106 valence electrons. The molecule has 0 unspecified atom stereocenters. The summed E-state index contributed by atoms with van der Waals surface area (Å²) in [5.41, 5.74) is 3.02. The Labute approximate surface area is 115 Å². The van der Waals surface area contributed by atoms with E-state index < -0.39 is 0 Å². The summed E-state index contributed by atoms with van der Waals surface area (Å²) < 4.78 is 5.69. The number of nitrogens with zero attached hydrogens (tertiary/aromatic N) is 1. The van der Waals surface area contributed by atoms with E-state index in [1.165, 1.54) is 25.7 Å². The predicted molar refractivity (Wildman–Crippen MR) is 77.8 cm³/mol. The van der Waals surface area contributed by atoms with Crippen molar-refractivity contribution in [3.05, 3.63) is 11.3 Å². The van der Waals surface area contributed by atoms with Gasteiger partial charge in [-0.3, -0.25) is 0 Å². The minimum absolute atomic E-state index is 0.646. The number of nitrogens with one attached hydrogen (secondary N) is 1. The van der Waals surface area contributed by atoms with Gasteiger partial charge in [-0.1, -0.05) is 6.92 Å². The lowest BCUT2D eigenvalue weighted by Gasteiger charge is -2.21. The molecule has 1 heterocycles. The molecule has 1 aliphatic heterocycles. The van der Waals surface area contributed by atoms with Gasteiger partial charge in [0.25, 0.3) is 5.90 Å². The number of aliphatic imine (C=N–C) groups is 1. The zero-order valence-corrected chi connectivity index (χ0v) is 12.2. The average molecular weight is 264 g/mol. The molecule has 0 saturated heterocycles. The number of quaternary nitrogens is 1. The first-order chi connectivity index (χ1) is 9.26. The number of nitrogens with two attached hydrogens (primary N) is 1. The molecule has 2 aliphatic rings. The normalized spacial score (nSPS) is 20.6. The van der Waals surface area contributed by atoms with E-state index in [1.54, 1.807) is 0 Å². The maximum atomic E-state index is 8.17. The highest BCUT2D eigenvalue weighted by Gasteiger charge is 2.29. The van der Waals surface area contributed by atoms with Gasteiger partial charge in [0.2, 0.25) is 0 Å². The minimum atomic E-state index is 0.646. The van der Waals surface area contributed by atoms with Crippen LogP contribution in [-0.4, -0.2) is 30.8 Å². The fraction of sp³-hybridized carbons (Fsp3) is 0.733. The van der Waals surface area contributed by atoms with Crippen LogP contribution in [0.15, 0.2) is 16.3 Å². The zero-order valence-electron chi connectivity index (χ0n) is 12.2. The molecule has 0 amide bonds. The smallest absolute Gasteiger partial charge is 0.272 e. The van der Waals surface area contributed by atoms with Crippen LogP contribution in [0.5, 0.6) is 0 Å². The molecule has 2 rings (SSSR count). The summed E-state index contributed by atoms with van der Waals surface area (Å²) >= 11 is 0. The van der Waals surface area contributed by atoms with Crippen LogP contribution in [0.4, 0.5) is 0 Å². The highest BCUT2D eigenvalue weighted by atomic mass is 16.5. The van der Waals surface area contributed by atoms with E-state index in [0.29, 0.717) is 12.6 Å². The second-order valence-corrected chi connectivity index (χ2v) is 5.31. The van der Waals surface area contributed by atoms with Crippen molar-refractivity contribution >= 4 is 11.6 Å². The average Bonchev–Trinajstić information content (AvgIpc) is 2.93. The number of hydrogen-bond acceptors (Lipinski definition) is 3. The van der Waals surface area contributed by atoms with Crippen LogP contribution in [0.25, 0.3) is 0 Å².